The van der Waals surface area contributed by atoms with Gasteiger partial charge in [-0.2, -0.15) is 0 Å². The van der Waals surface area contributed by atoms with E-state index >= 15 is 0 Å². The lowest BCUT2D eigenvalue weighted by Crippen LogP contribution is -2.37. The van der Waals surface area contributed by atoms with Crippen molar-refractivity contribution < 1.29 is 19.1 Å². The van der Waals surface area contributed by atoms with Crippen molar-refractivity contribution in [3.05, 3.63) is 78.2 Å². The Labute approximate surface area is 190 Å². The Hall–Kier alpha value is -1.76. The number of ether oxygens (including phenoxy) is 1. The second-order valence-electron chi connectivity index (χ2n) is 5.93. The van der Waals surface area contributed by atoms with Crippen LogP contribution >= 0.6 is 58.0 Å². The molecule has 2 aromatic carbocycles. The van der Waals surface area contributed by atoms with Gasteiger partial charge in [0.2, 0.25) is 0 Å². The molecule has 0 radical (unpaired) electrons. The van der Waals surface area contributed by atoms with Crippen molar-refractivity contribution >= 4 is 75.8 Å². The van der Waals surface area contributed by atoms with Gasteiger partial charge >= 0.3 is 5.97 Å². The summed E-state index contributed by atoms with van der Waals surface area (Å²) in [7, 11) is 1.15. The van der Waals surface area contributed by atoms with E-state index in [4.69, 9.17) is 62.7 Å². The lowest BCUT2D eigenvalue weighted by Gasteiger charge is -2.28. The molecule has 2 aromatic rings. The van der Waals surface area contributed by atoms with Gasteiger partial charge in [-0.15, -0.1) is 0 Å². The van der Waals surface area contributed by atoms with E-state index in [0.29, 0.717) is 0 Å². The summed E-state index contributed by atoms with van der Waals surface area (Å²) in [6, 6.07) is 5.10. The SMILES string of the molecule is C=C(C(=O)OC)[C@@H](c1ccccc1Cl)N1C(=O)c2c(Cl)c(Cl)c(Cl)c(Cl)c2C1=O. The summed E-state index contributed by atoms with van der Waals surface area (Å²) in [5.41, 5.74) is -0.348. The van der Waals surface area contributed by atoms with Gasteiger partial charge in [-0.3, -0.25) is 14.5 Å². The Balaban J connectivity index is 2.26. The van der Waals surface area contributed by atoms with E-state index < -0.39 is 23.8 Å². The molecule has 1 atom stereocenters. The van der Waals surface area contributed by atoms with Crippen LogP contribution in [0.2, 0.25) is 25.1 Å². The largest absolute Gasteiger partial charge is 0.466 e. The van der Waals surface area contributed by atoms with Crippen molar-refractivity contribution in [3.8, 4) is 0 Å². The van der Waals surface area contributed by atoms with E-state index in [1.54, 1.807) is 24.3 Å². The molecular formula is C19H10Cl5NO4. The Bertz CT molecular complexity index is 1050. The maximum atomic E-state index is 13.2. The first-order valence-corrected chi connectivity index (χ1v) is 9.77. The number of hydrogen-bond acceptors (Lipinski definition) is 4. The van der Waals surface area contributed by atoms with Gasteiger partial charge in [0.05, 0.1) is 49.9 Å². The maximum absolute atomic E-state index is 13.2. The molecule has 0 aliphatic carbocycles. The van der Waals surface area contributed by atoms with Crippen molar-refractivity contribution in [2.45, 2.75) is 6.04 Å². The molecule has 0 spiro atoms. The number of benzene rings is 2. The van der Waals surface area contributed by atoms with Gasteiger partial charge < -0.3 is 4.74 Å². The standard InChI is InChI=1S/C19H10Cl5NO4/c1-7(19(28)29-2)16(8-5-3-4-6-9(8)20)25-17(26)10-11(18(25)27)13(22)15(24)14(23)12(10)21/h3-6,16H,1H2,2H3/t16-/m0/s1. The minimum atomic E-state index is -1.27. The molecule has 1 heterocycles. The first-order chi connectivity index (χ1) is 13.6. The van der Waals surface area contributed by atoms with Gasteiger partial charge in [-0.1, -0.05) is 82.8 Å². The Morgan fingerprint density at radius 1 is 0.931 bits per heavy atom. The monoisotopic (exact) mass is 491 g/mol. The van der Waals surface area contributed by atoms with E-state index in [2.05, 4.69) is 6.58 Å². The van der Waals surface area contributed by atoms with Crippen molar-refractivity contribution in [2.75, 3.05) is 7.11 Å². The number of rotatable bonds is 4. The van der Waals surface area contributed by atoms with E-state index in [-0.39, 0.29) is 47.4 Å². The fourth-order valence-corrected chi connectivity index (χ4v) is 4.28. The van der Waals surface area contributed by atoms with Gasteiger partial charge in [0.15, 0.2) is 0 Å². The van der Waals surface area contributed by atoms with Crippen LogP contribution in [0.25, 0.3) is 0 Å². The van der Waals surface area contributed by atoms with Gasteiger partial charge in [-0.05, 0) is 11.6 Å². The topological polar surface area (TPSA) is 63.7 Å². The van der Waals surface area contributed by atoms with Crippen LogP contribution in [0, 0.1) is 0 Å². The summed E-state index contributed by atoms with van der Waals surface area (Å²) in [5.74, 6) is -2.49. The molecule has 3 rings (SSSR count). The summed E-state index contributed by atoms with van der Waals surface area (Å²) in [4.78, 5) is 39.4. The van der Waals surface area contributed by atoms with Crippen LogP contribution in [-0.2, 0) is 9.53 Å². The number of carbonyl (C=O) groups excluding carboxylic acids is 3. The van der Waals surface area contributed by atoms with Crippen LogP contribution in [0.4, 0.5) is 0 Å². The van der Waals surface area contributed by atoms with E-state index in [1.165, 1.54) is 0 Å². The predicted octanol–water partition coefficient (Wildman–Crippen LogP) is 6.02. The molecule has 1 aliphatic heterocycles. The van der Waals surface area contributed by atoms with Gasteiger partial charge in [0.25, 0.3) is 11.8 Å². The lowest BCUT2D eigenvalue weighted by molar-refractivity contribution is -0.136. The fourth-order valence-electron chi connectivity index (χ4n) is 3.02. The number of carbonyl (C=O) groups is 3. The summed E-state index contributed by atoms with van der Waals surface area (Å²) >= 11 is 30.7. The molecule has 0 fully saturated rings. The van der Waals surface area contributed by atoms with Crippen LogP contribution in [0.3, 0.4) is 0 Å². The zero-order valence-electron chi connectivity index (χ0n) is 14.6. The van der Waals surface area contributed by atoms with E-state index in [0.717, 1.165) is 12.0 Å². The summed E-state index contributed by atoms with van der Waals surface area (Å²) in [5, 5.41) is -0.577. The summed E-state index contributed by atoms with van der Waals surface area (Å²) < 4.78 is 4.72. The van der Waals surface area contributed by atoms with Gasteiger partial charge in [0, 0.05) is 5.02 Å². The molecule has 0 unspecified atom stereocenters. The second kappa shape index (κ2) is 8.17. The Kier molecular flexibility index (Phi) is 6.18. The molecule has 150 valence electrons. The minimum Gasteiger partial charge on any atom is -0.466 e. The first-order valence-electron chi connectivity index (χ1n) is 7.88. The molecule has 0 N–H and O–H groups in total. The van der Waals surface area contributed by atoms with Crippen molar-refractivity contribution in [2.24, 2.45) is 0 Å². The van der Waals surface area contributed by atoms with E-state index in [9.17, 15) is 14.4 Å². The van der Waals surface area contributed by atoms with Crippen LogP contribution in [-0.4, -0.2) is 29.8 Å². The zero-order valence-corrected chi connectivity index (χ0v) is 18.3. The van der Waals surface area contributed by atoms with Crippen LogP contribution in [0.15, 0.2) is 36.4 Å². The molecule has 0 saturated heterocycles. The maximum Gasteiger partial charge on any atom is 0.335 e. The highest BCUT2D eigenvalue weighted by atomic mass is 35.5. The number of hydrogen-bond donors (Lipinski definition) is 0. The highest BCUT2D eigenvalue weighted by Gasteiger charge is 2.47. The molecule has 0 bridgehead atoms. The summed E-state index contributed by atoms with van der Waals surface area (Å²) in [6.07, 6.45) is 0. The van der Waals surface area contributed by atoms with Gasteiger partial charge in [-0.25, -0.2) is 4.79 Å². The molecule has 2 amide bonds. The minimum absolute atomic E-state index is 0.166. The summed E-state index contributed by atoms with van der Waals surface area (Å²) in [6.45, 7) is 3.70. The number of nitrogens with zero attached hydrogens (tertiary/aromatic N) is 1. The second-order valence-corrected chi connectivity index (χ2v) is 7.85. The average molecular weight is 494 g/mol. The Morgan fingerprint density at radius 2 is 1.41 bits per heavy atom. The highest BCUT2D eigenvalue weighted by Crippen LogP contribution is 2.47. The van der Waals surface area contributed by atoms with Crippen LogP contribution in [0.5, 0.6) is 0 Å². The van der Waals surface area contributed by atoms with Crippen LogP contribution in [0.1, 0.15) is 32.3 Å². The molecule has 5 nitrogen and oxygen atoms in total. The number of amides is 2. The molecule has 1 aliphatic rings. The van der Waals surface area contributed by atoms with E-state index in [1.807, 2.05) is 0 Å². The van der Waals surface area contributed by atoms with Crippen molar-refractivity contribution in [1.82, 2.24) is 4.90 Å². The fraction of sp³-hybridized carbons (Fsp3) is 0.105. The Morgan fingerprint density at radius 3 is 1.86 bits per heavy atom. The molecular weight excluding hydrogens is 483 g/mol. The van der Waals surface area contributed by atoms with Crippen molar-refractivity contribution in [1.29, 1.82) is 0 Å². The quantitative estimate of drug-likeness (QED) is 0.172. The number of esters is 1. The number of methoxy groups -OCH3 is 1. The van der Waals surface area contributed by atoms with Gasteiger partial charge in [0.1, 0.15) is 0 Å². The lowest BCUT2D eigenvalue weighted by atomic mass is 9.98. The molecule has 0 saturated carbocycles. The normalized spacial score (nSPS) is 14.1. The smallest absolute Gasteiger partial charge is 0.335 e. The third-order valence-corrected chi connectivity index (χ3v) is 6.51. The average Bonchev–Trinajstić information content (AvgIpc) is 2.96. The number of fused-ring (bicyclic) bond motifs is 1. The number of halogens is 5. The van der Waals surface area contributed by atoms with Crippen molar-refractivity contribution in [3.63, 3.8) is 0 Å². The third kappa shape index (κ3) is 3.41. The molecule has 10 heteroatoms. The highest BCUT2D eigenvalue weighted by molar-refractivity contribution is 6.55. The molecule has 29 heavy (non-hydrogen) atoms. The number of imide groups is 1. The predicted molar refractivity (Wildman–Crippen MR) is 112 cm³/mol. The zero-order chi connectivity index (χ0) is 21.6. The molecule has 0 aromatic heterocycles. The first kappa shape index (κ1) is 21.9. The third-order valence-electron chi connectivity index (χ3n) is 4.37. The van der Waals surface area contributed by atoms with Crippen LogP contribution < -0.4 is 0 Å².